The lowest BCUT2D eigenvalue weighted by Gasteiger charge is -2.32. The van der Waals surface area contributed by atoms with E-state index in [9.17, 15) is 9.90 Å². The van der Waals surface area contributed by atoms with Gasteiger partial charge in [-0.15, -0.1) is 0 Å². The summed E-state index contributed by atoms with van der Waals surface area (Å²) in [6.45, 7) is 0.665. The number of aromatic nitrogens is 1. The number of halogens is 1. The van der Waals surface area contributed by atoms with Crippen molar-refractivity contribution in [3.05, 3.63) is 94.8 Å². The van der Waals surface area contributed by atoms with Crippen LogP contribution < -0.4 is 4.90 Å². The second-order valence-electron chi connectivity index (χ2n) is 8.92. The van der Waals surface area contributed by atoms with E-state index in [4.69, 9.17) is 11.6 Å². The lowest BCUT2D eigenvalue weighted by Crippen LogP contribution is -2.33. The van der Waals surface area contributed by atoms with Crippen LogP contribution in [0.15, 0.2) is 73.1 Å². The van der Waals surface area contributed by atoms with Gasteiger partial charge in [0.25, 0.3) is 5.91 Å². The number of carbonyl (C=O) groups excluding carboxylic acids is 1. The zero-order chi connectivity index (χ0) is 22.1. The number of benzene rings is 2. The Morgan fingerprint density at radius 3 is 2.75 bits per heavy atom. The first-order chi connectivity index (χ1) is 15.6. The summed E-state index contributed by atoms with van der Waals surface area (Å²) in [6.07, 6.45) is 13.9. The highest BCUT2D eigenvalue weighted by Gasteiger charge is 2.35. The third-order valence-corrected chi connectivity index (χ3v) is 7.15. The smallest absolute Gasteiger partial charge is 0.259 e. The Morgan fingerprint density at radius 1 is 1.12 bits per heavy atom. The summed E-state index contributed by atoms with van der Waals surface area (Å²) in [4.78, 5) is 15.6. The molecule has 5 heteroatoms. The van der Waals surface area contributed by atoms with Gasteiger partial charge >= 0.3 is 0 Å². The summed E-state index contributed by atoms with van der Waals surface area (Å²) < 4.78 is 1.89. The van der Waals surface area contributed by atoms with Crippen LogP contribution in [0, 0.1) is 5.41 Å². The van der Waals surface area contributed by atoms with Gasteiger partial charge in [-0.3, -0.25) is 4.79 Å². The fourth-order valence-electron chi connectivity index (χ4n) is 5.08. The largest absolute Gasteiger partial charge is 0.392 e. The lowest BCUT2D eigenvalue weighted by atomic mass is 9.72. The second kappa shape index (κ2) is 8.61. The maximum absolute atomic E-state index is 13.7. The van der Waals surface area contributed by atoms with Crippen molar-refractivity contribution >= 4 is 23.2 Å². The Hall–Kier alpha value is -2.82. The number of fused-ring (bicyclic) bond motifs is 1. The summed E-state index contributed by atoms with van der Waals surface area (Å²) in [5.74, 6) is -0.0607. The molecule has 1 spiro atoms. The first-order valence-electron chi connectivity index (χ1n) is 11.2. The zero-order valence-electron chi connectivity index (χ0n) is 18.0. The number of aliphatic hydroxyl groups excluding tert-OH is 1. The number of hydrogen-bond donors (Lipinski definition) is 1. The molecule has 0 radical (unpaired) electrons. The van der Waals surface area contributed by atoms with Crippen molar-refractivity contribution in [3.63, 3.8) is 0 Å². The zero-order valence-corrected chi connectivity index (χ0v) is 18.8. The van der Waals surface area contributed by atoms with Crippen LogP contribution in [0.4, 0.5) is 5.69 Å². The number of amides is 1. The summed E-state index contributed by atoms with van der Waals surface area (Å²) in [5, 5.41) is 9.75. The van der Waals surface area contributed by atoms with Gasteiger partial charge in [0, 0.05) is 30.3 Å². The Morgan fingerprint density at radius 2 is 2.00 bits per heavy atom. The Bertz CT molecular complexity index is 1180. The van der Waals surface area contributed by atoms with Crippen molar-refractivity contribution < 1.29 is 9.90 Å². The molecule has 0 saturated heterocycles. The number of anilines is 1. The Kier molecular flexibility index (Phi) is 5.66. The van der Waals surface area contributed by atoms with Gasteiger partial charge in [-0.2, -0.15) is 0 Å². The molecule has 1 N–H and O–H groups in total. The summed E-state index contributed by atoms with van der Waals surface area (Å²) in [6, 6.07) is 15.6. The fourth-order valence-corrected chi connectivity index (χ4v) is 5.34. The lowest BCUT2D eigenvalue weighted by molar-refractivity contribution is 0.0985. The molecule has 2 aromatic carbocycles. The van der Waals surface area contributed by atoms with E-state index in [-0.39, 0.29) is 17.9 Å². The van der Waals surface area contributed by atoms with E-state index in [1.165, 1.54) is 18.4 Å². The van der Waals surface area contributed by atoms with E-state index < -0.39 is 0 Å². The average molecular weight is 447 g/mol. The summed E-state index contributed by atoms with van der Waals surface area (Å²) in [5.41, 5.74) is 4.54. The van der Waals surface area contributed by atoms with E-state index >= 15 is 0 Å². The summed E-state index contributed by atoms with van der Waals surface area (Å²) in [7, 11) is 0. The first-order valence-corrected chi connectivity index (χ1v) is 11.6. The molecule has 0 saturated carbocycles. The van der Waals surface area contributed by atoms with Gasteiger partial charge in [-0.1, -0.05) is 42.0 Å². The molecule has 32 heavy (non-hydrogen) atoms. The third-order valence-electron chi connectivity index (χ3n) is 6.84. The molecule has 0 bridgehead atoms. The molecule has 3 aromatic rings. The molecule has 0 fully saturated rings. The normalized spacial score (nSPS) is 20.2. The molecular formula is C27H27ClN2O2. The topological polar surface area (TPSA) is 45.5 Å². The van der Waals surface area contributed by atoms with Gasteiger partial charge in [0.2, 0.25) is 0 Å². The predicted molar refractivity (Wildman–Crippen MR) is 129 cm³/mol. The molecule has 1 aromatic heterocycles. The molecule has 2 heterocycles. The number of rotatable bonds is 3. The highest BCUT2D eigenvalue weighted by Crippen LogP contribution is 2.43. The van der Waals surface area contributed by atoms with Gasteiger partial charge in [0.05, 0.1) is 17.2 Å². The standard InChI is InChI=1S/C27H27ClN2O2/c28-24-16-22(29-14-10-20(18-29)19-31)8-9-23(24)26(32)30-15-13-27(11-4-1-5-12-27)17-21-6-2-3-7-25(21)30/h2-4,6-11,14,16,18,31H,1,5,12-13,15,17,19H2. The number of aliphatic hydroxyl groups is 1. The molecule has 1 amide bonds. The van der Waals surface area contributed by atoms with E-state index in [1.807, 2.05) is 52.2 Å². The highest BCUT2D eigenvalue weighted by atomic mass is 35.5. The Balaban J connectivity index is 1.47. The Labute approximate surface area is 193 Å². The molecule has 1 atom stereocenters. The van der Waals surface area contributed by atoms with E-state index in [0.717, 1.165) is 36.2 Å². The first kappa shape index (κ1) is 21.0. The molecule has 4 nitrogen and oxygen atoms in total. The van der Waals surface area contributed by atoms with Crippen LogP contribution >= 0.6 is 11.6 Å². The highest BCUT2D eigenvalue weighted by molar-refractivity contribution is 6.34. The van der Waals surface area contributed by atoms with E-state index in [2.05, 4.69) is 30.4 Å². The van der Waals surface area contributed by atoms with Crippen molar-refractivity contribution in [1.82, 2.24) is 4.57 Å². The molecule has 164 valence electrons. The predicted octanol–water partition coefficient (Wildman–Crippen LogP) is 5.94. The van der Waals surface area contributed by atoms with Crippen LogP contribution in [0.5, 0.6) is 0 Å². The maximum atomic E-state index is 13.7. The number of para-hydroxylation sites is 1. The van der Waals surface area contributed by atoms with Crippen LogP contribution in [-0.2, 0) is 13.0 Å². The summed E-state index contributed by atoms with van der Waals surface area (Å²) >= 11 is 6.62. The van der Waals surface area contributed by atoms with Crippen molar-refractivity contribution in [1.29, 1.82) is 0 Å². The molecule has 5 rings (SSSR count). The SMILES string of the molecule is O=C(c1ccc(-n2ccc(CO)c2)cc1Cl)N1CCC2(C=CCCC2)Cc2ccccc21. The van der Waals surface area contributed by atoms with E-state index in [0.29, 0.717) is 17.1 Å². The van der Waals surface area contributed by atoms with Crippen LogP contribution in [-0.4, -0.2) is 22.1 Å². The molecule has 1 unspecified atom stereocenters. The second-order valence-corrected chi connectivity index (χ2v) is 9.33. The number of allylic oxidation sites excluding steroid dienone is 2. The van der Waals surface area contributed by atoms with E-state index in [1.54, 1.807) is 0 Å². The van der Waals surface area contributed by atoms with Crippen LogP contribution in [0.2, 0.25) is 5.02 Å². The van der Waals surface area contributed by atoms with Gasteiger partial charge < -0.3 is 14.6 Å². The molecular weight excluding hydrogens is 420 g/mol. The quantitative estimate of drug-likeness (QED) is 0.506. The monoisotopic (exact) mass is 446 g/mol. The van der Waals surface area contributed by atoms with Crippen molar-refractivity contribution in [2.24, 2.45) is 5.41 Å². The molecule has 1 aliphatic heterocycles. The minimum absolute atomic E-state index is 0.0116. The number of carbonyl (C=O) groups is 1. The number of nitrogens with zero attached hydrogens (tertiary/aromatic N) is 2. The average Bonchev–Trinajstić information content (AvgIpc) is 3.24. The van der Waals surface area contributed by atoms with Gasteiger partial charge in [0.1, 0.15) is 0 Å². The minimum Gasteiger partial charge on any atom is -0.392 e. The van der Waals surface area contributed by atoms with Gasteiger partial charge in [-0.25, -0.2) is 0 Å². The minimum atomic E-state index is -0.0607. The van der Waals surface area contributed by atoms with Crippen LogP contribution in [0.1, 0.15) is 47.2 Å². The van der Waals surface area contributed by atoms with Gasteiger partial charge in [0.15, 0.2) is 0 Å². The molecule has 1 aliphatic carbocycles. The van der Waals surface area contributed by atoms with Crippen molar-refractivity contribution in [3.8, 4) is 5.69 Å². The molecule has 2 aliphatic rings. The van der Waals surface area contributed by atoms with Crippen molar-refractivity contribution in [2.75, 3.05) is 11.4 Å². The number of hydrogen-bond acceptors (Lipinski definition) is 2. The third kappa shape index (κ3) is 3.89. The fraction of sp³-hybridized carbons (Fsp3) is 0.296. The van der Waals surface area contributed by atoms with Crippen LogP contribution in [0.25, 0.3) is 5.69 Å². The van der Waals surface area contributed by atoms with Gasteiger partial charge in [-0.05, 0) is 79.0 Å². The van der Waals surface area contributed by atoms with Crippen molar-refractivity contribution in [2.45, 2.75) is 38.7 Å². The van der Waals surface area contributed by atoms with Crippen LogP contribution in [0.3, 0.4) is 0 Å². The maximum Gasteiger partial charge on any atom is 0.259 e.